The molecule has 0 fully saturated rings. The van der Waals surface area contributed by atoms with E-state index in [1.165, 1.54) is 35.1 Å². The molecule has 0 atom stereocenters. The number of aliphatic hydroxyl groups is 1. The van der Waals surface area contributed by atoms with Gasteiger partial charge in [0.2, 0.25) is 0 Å². The van der Waals surface area contributed by atoms with Crippen LogP contribution < -0.4 is 0 Å². The van der Waals surface area contributed by atoms with E-state index in [0.717, 1.165) is 0 Å². The van der Waals surface area contributed by atoms with E-state index < -0.39 is 0 Å². The summed E-state index contributed by atoms with van der Waals surface area (Å²) in [5, 5.41) is 16.1. The van der Waals surface area contributed by atoms with Crippen LogP contribution in [-0.2, 0) is 13.2 Å². The van der Waals surface area contributed by atoms with Crippen molar-refractivity contribution in [1.29, 1.82) is 0 Å². The van der Waals surface area contributed by atoms with Crippen molar-refractivity contribution < 1.29 is 14.3 Å². The highest BCUT2D eigenvalue weighted by atomic mass is 19.1. The Morgan fingerprint density at radius 1 is 1.35 bits per heavy atom. The number of ketones is 1. The van der Waals surface area contributed by atoms with Crippen molar-refractivity contribution in [2.75, 3.05) is 0 Å². The van der Waals surface area contributed by atoms with Crippen molar-refractivity contribution in [3.63, 3.8) is 0 Å². The van der Waals surface area contributed by atoms with Gasteiger partial charge >= 0.3 is 0 Å². The SMILES string of the molecule is O=C(Cn1cc(CO)nn1)c1ccc(F)cc1. The number of benzene rings is 1. The number of hydrogen-bond acceptors (Lipinski definition) is 4. The molecule has 0 aliphatic rings. The van der Waals surface area contributed by atoms with Crippen molar-refractivity contribution in [3.05, 3.63) is 47.5 Å². The van der Waals surface area contributed by atoms with Crippen LogP contribution in [0.25, 0.3) is 0 Å². The standard InChI is InChI=1S/C11H10FN3O2/c12-9-3-1-8(2-4-9)11(17)6-15-5-10(7-16)13-14-15/h1-5,16H,6-7H2. The van der Waals surface area contributed by atoms with Crippen LogP contribution in [0, 0.1) is 5.82 Å². The molecule has 1 aromatic carbocycles. The zero-order valence-electron chi connectivity index (χ0n) is 8.88. The lowest BCUT2D eigenvalue weighted by Gasteiger charge is -2.00. The number of aliphatic hydroxyl groups excluding tert-OH is 1. The molecular formula is C11H10FN3O2. The molecule has 1 aromatic heterocycles. The van der Waals surface area contributed by atoms with Crippen LogP contribution >= 0.6 is 0 Å². The van der Waals surface area contributed by atoms with Gasteiger partial charge in [0.05, 0.1) is 12.8 Å². The van der Waals surface area contributed by atoms with Gasteiger partial charge in [0.15, 0.2) is 5.78 Å². The maximum atomic E-state index is 12.7. The van der Waals surface area contributed by atoms with E-state index in [9.17, 15) is 9.18 Å². The topological polar surface area (TPSA) is 68.0 Å². The molecule has 0 spiro atoms. The zero-order chi connectivity index (χ0) is 12.3. The van der Waals surface area contributed by atoms with E-state index in [0.29, 0.717) is 11.3 Å². The fourth-order valence-electron chi connectivity index (χ4n) is 1.36. The summed E-state index contributed by atoms with van der Waals surface area (Å²) in [5.41, 5.74) is 0.810. The minimum absolute atomic E-state index is 0.0125. The van der Waals surface area contributed by atoms with Crippen molar-refractivity contribution in [3.8, 4) is 0 Å². The Labute approximate surface area is 96.5 Å². The van der Waals surface area contributed by atoms with Gasteiger partial charge in [-0.3, -0.25) is 4.79 Å². The summed E-state index contributed by atoms with van der Waals surface area (Å²) in [6.07, 6.45) is 1.49. The lowest BCUT2D eigenvalue weighted by Crippen LogP contribution is -2.11. The second-order valence-corrected chi connectivity index (χ2v) is 3.50. The van der Waals surface area contributed by atoms with Crippen LogP contribution in [0.2, 0.25) is 0 Å². The van der Waals surface area contributed by atoms with Crippen molar-refractivity contribution in [2.24, 2.45) is 0 Å². The number of aromatic nitrogens is 3. The zero-order valence-corrected chi connectivity index (χ0v) is 8.88. The molecule has 17 heavy (non-hydrogen) atoms. The highest BCUT2D eigenvalue weighted by Crippen LogP contribution is 2.05. The highest BCUT2D eigenvalue weighted by Gasteiger charge is 2.08. The van der Waals surface area contributed by atoms with E-state index in [2.05, 4.69) is 10.3 Å². The summed E-state index contributed by atoms with van der Waals surface area (Å²) >= 11 is 0. The quantitative estimate of drug-likeness (QED) is 0.795. The summed E-state index contributed by atoms with van der Waals surface area (Å²) in [6, 6.07) is 5.30. The van der Waals surface area contributed by atoms with Crippen LogP contribution in [-0.4, -0.2) is 25.9 Å². The summed E-state index contributed by atoms with van der Waals surface area (Å²) in [7, 11) is 0. The monoisotopic (exact) mass is 235 g/mol. The molecule has 1 N–H and O–H groups in total. The van der Waals surface area contributed by atoms with Gasteiger partial charge in [0.25, 0.3) is 0 Å². The van der Waals surface area contributed by atoms with Gasteiger partial charge in [-0.15, -0.1) is 5.10 Å². The van der Waals surface area contributed by atoms with Crippen LogP contribution in [0.3, 0.4) is 0 Å². The third-order valence-corrected chi connectivity index (χ3v) is 2.22. The number of carbonyl (C=O) groups is 1. The number of carbonyl (C=O) groups excluding carboxylic acids is 1. The molecule has 0 radical (unpaired) electrons. The van der Waals surface area contributed by atoms with E-state index >= 15 is 0 Å². The van der Waals surface area contributed by atoms with Gasteiger partial charge in [-0.25, -0.2) is 9.07 Å². The maximum absolute atomic E-state index is 12.7. The van der Waals surface area contributed by atoms with Crippen LogP contribution in [0.15, 0.2) is 30.5 Å². The second kappa shape index (κ2) is 4.84. The first-order valence-electron chi connectivity index (χ1n) is 4.97. The maximum Gasteiger partial charge on any atom is 0.184 e. The number of rotatable bonds is 4. The number of halogens is 1. The van der Waals surface area contributed by atoms with Gasteiger partial charge in [-0.1, -0.05) is 5.21 Å². The average Bonchev–Trinajstić information content (AvgIpc) is 2.77. The second-order valence-electron chi connectivity index (χ2n) is 3.50. The molecule has 0 aliphatic heterocycles. The smallest absolute Gasteiger partial charge is 0.184 e. The molecule has 2 rings (SSSR count). The molecular weight excluding hydrogens is 225 g/mol. The van der Waals surface area contributed by atoms with E-state index in [1.807, 2.05) is 0 Å². The molecule has 0 amide bonds. The number of hydrogen-bond donors (Lipinski definition) is 1. The summed E-state index contributed by atoms with van der Waals surface area (Å²) in [4.78, 5) is 11.7. The third kappa shape index (κ3) is 2.73. The molecule has 0 unspecified atom stereocenters. The summed E-state index contributed by atoms with van der Waals surface area (Å²) in [5.74, 6) is -0.579. The lowest BCUT2D eigenvalue weighted by atomic mass is 10.1. The first-order chi connectivity index (χ1) is 8.19. The van der Waals surface area contributed by atoms with Gasteiger partial charge < -0.3 is 5.11 Å². The largest absolute Gasteiger partial charge is 0.390 e. The minimum Gasteiger partial charge on any atom is -0.390 e. The fraction of sp³-hybridized carbons (Fsp3) is 0.182. The molecule has 5 nitrogen and oxygen atoms in total. The Morgan fingerprint density at radius 3 is 2.65 bits per heavy atom. The lowest BCUT2D eigenvalue weighted by molar-refractivity contribution is 0.0967. The molecule has 0 saturated heterocycles. The van der Waals surface area contributed by atoms with Crippen LogP contribution in [0.5, 0.6) is 0 Å². The fourth-order valence-corrected chi connectivity index (χ4v) is 1.36. The first-order valence-corrected chi connectivity index (χ1v) is 4.97. The molecule has 1 heterocycles. The van der Waals surface area contributed by atoms with Crippen molar-refractivity contribution in [2.45, 2.75) is 13.2 Å². The predicted octanol–water partition coefficient (Wildman–Crippen LogP) is 0.792. The molecule has 6 heteroatoms. The minimum atomic E-state index is -0.384. The van der Waals surface area contributed by atoms with Crippen molar-refractivity contribution >= 4 is 5.78 Å². The average molecular weight is 235 g/mol. The van der Waals surface area contributed by atoms with Crippen LogP contribution in [0.1, 0.15) is 16.1 Å². The normalized spacial score (nSPS) is 10.5. The van der Waals surface area contributed by atoms with Gasteiger partial charge in [0.1, 0.15) is 18.1 Å². The molecule has 0 saturated carbocycles. The Morgan fingerprint density at radius 2 is 2.06 bits per heavy atom. The van der Waals surface area contributed by atoms with Gasteiger partial charge in [0, 0.05) is 5.56 Å². The Balaban J connectivity index is 2.08. The van der Waals surface area contributed by atoms with Crippen LogP contribution in [0.4, 0.5) is 4.39 Å². The van der Waals surface area contributed by atoms with Gasteiger partial charge in [-0.05, 0) is 24.3 Å². The molecule has 0 aliphatic carbocycles. The molecule has 2 aromatic rings. The van der Waals surface area contributed by atoms with E-state index in [4.69, 9.17) is 5.11 Å². The Hall–Kier alpha value is -2.08. The molecule has 0 bridgehead atoms. The third-order valence-electron chi connectivity index (χ3n) is 2.22. The number of nitrogens with zero attached hydrogens (tertiary/aromatic N) is 3. The highest BCUT2D eigenvalue weighted by molar-refractivity contribution is 5.95. The Kier molecular flexibility index (Phi) is 3.24. The predicted molar refractivity (Wildman–Crippen MR) is 56.7 cm³/mol. The van der Waals surface area contributed by atoms with Crippen molar-refractivity contribution in [1.82, 2.24) is 15.0 Å². The summed E-state index contributed by atoms with van der Waals surface area (Å²) < 4.78 is 14.0. The van der Waals surface area contributed by atoms with E-state index in [-0.39, 0.29) is 24.8 Å². The van der Waals surface area contributed by atoms with E-state index in [1.54, 1.807) is 0 Å². The first kappa shape index (κ1) is 11.4. The number of Topliss-reactive ketones (excluding diaryl/α,β-unsaturated/α-hetero) is 1. The van der Waals surface area contributed by atoms with Gasteiger partial charge in [-0.2, -0.15) is 0 Å². The summed E-state index contributed by atoms with van der Waals surface area (Å²) in [6.45, 7) is -0.205. The Bertz CT molecular complexity index is 522. The molecule has 88 valence electrons.